The van der Waals surface area contributed by atoms with Crippen molar-refractivity contribution in [3.63, 3.8) is 0 Å². The number of halogens is 4. The molecule has 0 aliphatic heterocycles. The Morgan fingerprint density at radius 1 is 1.33 bits per heavy atom. The molecule has 0 amide bonds. The third kappa shape index (κ3) is 2.23. The average molecular weight is 223 g/mol. The summed E-state index contributed by atoms with van der Waals surface area (Å²) in [5.41, 5.74) is -2.39. The van der Waals surface area contributed by atoms with Crippen LogP contribution in [0.2, 0.25) is 0 Å². The van der Waals surface area contributed by atoms with Crippen molar-refractivity contribution >= 4 is 5.69 Å². The van der Waals surface area contributed by atoms with Crippen molar-refractivity contribution in [2.75, 3.05) is 0 Å². The zero-order chi connectivity index (χ0) is 11.8. The first-order chi connectivity index (χ1) is 6.73. The van der Waals surface area contributed by atoms with E-state index in [1.54, 1.807) is 0 Å². The van der Waals surface area contributed by atoms with E-state index in [2.05, 4.69) is 0 Å². The van der Waals surface area contributed by atoms with Crippen LogP contribution in [0.25, 0.3) is 0 Å². The Labute approximate surface area is 81.5 Å². The van der Waals surface area contributed by atoms with Gasteiger partial charge in [-0.3, -0.25) is 10.1 Å². The molecule has 1 rings (SSSR count). The minimum absolute atomic E-state index is 0.228. The average Bonchev–Trinajstić information content (AvgIpc) is 2.06. The highest BCUT2D eigenvalue weighted by molar-refractivity contribution is 5.43. The summed E-state index contributed by atoms with van der Waals surface area (Å²) in [5, 5.41) is 10.3. The fourth-order valence-corrected chi connectivity index (χ4v) is 1.08. The van der Waals surface area contributed by atoms with Gasteiger partial charge in [-0.2, -0.15) is 13.2 Å². The molecular weight excluding hydrogens is 218 g/mol. The Kier molecular flexibility index (Phi) is 2.65. The van der Waals surface area contributed by atoms with Crippen LogP contribution < -0.4 is 0 Å². The molecule has 0 saturated carbocycles. The van der Waals surface area contributed by atoms with Crippen LogP contribution in [0.5, 0.6) is 0 Å². The van der Waals surface area contributed by atoms with Crippen LogP contribution in [0.4, 0.5) is 23.2 Å². The normalized spacial score (nSPS) is 11.5. The van der Waals surface area contributed by atoms with Crippen LogP contribution in [-0.2, 0) is 6.18 Å². The summed E-state index contributed by atoms with van der Waals surface area (Å²) in [7, 11) is 0. The monoisotopic (exact) mass is 223 g/mol. The van der Waals surface area contributed by atoms with Gasteiger partial charge in [0.1, 0.15) is 5.82 Å². The second-order valence-electron chi connectivity index (χ2n) is 2.87. The molecule has 0 bridgehead atoms. The number of nitrogens with zero attached hydrogens (tertiary/aromatic N) is 1. The largest absolute Gasteiger partial charge is 0.419 e. The number of alkyl halides is 3. The topological polar surface area (TPSA) is 43.1 Å². The maximum Gasteiger partial charge on any atom is 0.419 e. The van der Waals surface area contributed by atoms with E-state index in [1.165, 1.54) is 0 Å². The summed E-state index contributed by atoms with van der Waals surface area (Å²) >= 11 is 0. The quantitative estimate of drug-likeness (QED) is 0.417. The van der Waals surface area contributed by atoms with Crippen LogP contribution >= 0.6 is 0 Å². The molecule has 7 heteroatoms. The summed E-state index contributed by atoms with van der Waals surface area (Å²) in [4.78, 5) is 9.36. The van der Waals surface area contributed by atoms with Crippen LogP contribution in [0.15, 0.2) is 12.1 Å². The van der Waals surface area contributed by atoms with Gasteiger partial charge in [0.05, 0.1) is 16.6 Å². The van der Waals surface area contributed by atoms with Gasteiger partial charge in [0.15, 0.2) is 0 Å². The molecule has 82 valence electrons. The van der Waals surface area contributed by atoms with Gasteiger partial charge < -0.3 is 0 Å². The van der Waals surface area contributed by atoms with Gasteiger partial charge in [0.25, 0.3) is 5.69 Å². The highest BCUT2D eigenvalue weighted by Gasteiger charge is 2.35. The maximum absolute atomic E-state index is 12.9. The first-order valence-electron chi connectivity index (χ1n) is 3.75. The summed E-state index contributed by atoms with van der Waals surface area (Å²) < 4.78 is 49.3. The number of hydrogen-bond acceptors (Lipinski definition) is 2. The van der Waals surface area contributed by atoms with Crippen molar-refractivity contribution in [2.24, 2.45) is 0 Å². The second kappa shape index (κ2) is 3.48. The summed E-state index contributed by atoms with van der Waals surface area (Å²) in [6.07, 6.45) is -4.84. The van der Waals surface area contributed by atoms with Crippen molar-refractivity contribution in [1.29, 1.82) is 0 Å². The van der Waals surface area contributed by atoms with E-state index in [4.69, 9.17) is 0 Å². The standard InChI is InChI=1S/C8H5F4NO2/c1-4-2-5(8(10,11)12)6(9)3-7(4)13(14)15/h2-3H,1H3. The molecule has 3 nitrogen and oxygen atoms in total. The Balaban J connectivity index is 3.39. The van der Waals surface area contributed by atoms with Crippen LogP contribution in [-0.4, -0.2) is 4.92 Å². The lowest BCUT2D eigenvalue weighted by atomic mass is 10.1. The Morgan fingerprint density at radius 3 is 2.27 bits per heavy atom. The maximum atomic E-state index is 12.9. The molecule has 0 aliphatic carbocycles. The zero-order valence-corrected chi connectivity index (χ0v) is 7.43. The SMILES string of the molecule is Cc1cc(C(F)(F)F)c(F)cc1[N+](=O)[O-]. The van der Waals surface area contributed by atoms with Crippen molar-refractivity contribution in [2.45, 2.75) is 13.1 Å². The third-order valence-electron chi connectivity index (χ3n) is 1.79. The summed E-state index contributed by atoms with van der Waals surface area (Å²) in [6.45, 7) is 1.12. The molecular formula is C8H5F4NO2. The zero-order valence-electron chi connectivity index (χ0n) is 7.43. The minimum atomic E-state index is -4.84. The van der Waals surface area contributed by atoms with Crippen LogP contribution in [0.1, 0.15) is 11.1 Å². The molecule has 0 radical (unpaired) electrons. The van der Waals surface area contributed by atoms with E-state index in [0.29, 0.717) is 6.07 Å². The second-order valence-corrected chi connectivity index (χ2v) is 2.87. The van der Waals surface area contributed by atoms with Crippen molar-refractivity contribution in [3.8, 4) is 0 Å². The number of aryl methyl sites for hydroxylation is 1. The molecule has 0 heterocycles. The van der Waals surface area contributed by atoms with Gasteiger partial charge in [-0.05, 0) is 13.0 Å². The van der Waals surface area contributed by atoms with Crippen molar-refractivity contribution in [3.05, 3.63) is 39.2 Å². The molecule has 0 aliphatic rings. The predicted octanol–water partition coefficient (Wildman–Crippen LogP) is 3.06. The molecule has 1 aromatic rings. The highest BCUT2D eigenvalue weighted by atomic mass is 19.4. The van der Waals surface area contributed by atoms with Gasteiger partial charge in [-0.25, -0.2) is 4.39 Å². The summed E-state index contributed by atoms with van der Waals surface area (Å²) in [6, 6.07) is 0.700. The predicted molar refractivity (Wildman–Crippen MR) is 42.8 cm³/mol. The lowest BCUT2D eigenvalue weighted by Crippen LogP contribution is -2.09. The third-order valence-corrected chi connectivity index (χ3v) is 1.79. The van der Waals surface area contributed by atoms with Gasteiger partial charge in [0.2, 0.25) is 0 Å². The number of rotatable bonds is 1. The molecule has 1 aromatic carbocycles. The molecule has 0 unspecified atom stereocenters. The molecule has 15 heavy (non-hydrogen) atoms. The first-order valence-corrected chi connectivity index (χ1v) is 3.75. The Bertz CT molecular complexity index is 414. The lowest BCUT2D eigenvalue weighted by Gasteiger charge is -2.08. The highest BCUT2D eigenvalue weighted by Crippen LogP contribution is 2.34. The van der Waals surface area contributed by atoms with E-state index in [0.717, 1.165) is 6.92 Å². The fourth-order valence-electron chi connectivity index (χ4n) is 1.08. The summed E-state index contributed by atoms with van der Waals surface area (Å²) in [5.74, 6) is -1.64. The first kappa shape index (κ1) is 11.4. The Hall–Kier alpha value is -1.66. The molecule has 0 N–H and O–H groups in total. The van der Waals surface area contributed by atoms with E-state index in [-0.39, 0.29) is 11.6 Å². The van der Waals surface area contributed by atoms with Crippen molar-refractivity contribution < 1.29 is 22.5 Å². The van der Waals surface area contributed by atoms with Crippen LogP contribution in [0, 0.1) is 22.9 Å². The molecule has 0 aromatic heterocycles. The van der Waals surface area contributed by atoms with Gasteiger partial charge in [0, 0.05) is 5.56 Å². The van der Waals surface area contributed by atoms with Gasteiger partial charge in [-0.1, -0.05) is 0 Å². The Morgan fingerprint density at radius 2 is 1.87 bits per heavy atom. The van der Waals surface area contributed by atoms with Crippen molar-refractivity contribution in [1.82, 2.24) is 0 Å². The van der Waals surface area contributed by atoms with Gasteiger partial charge >= 0.3 is 6.18 Å². The van der Waals surface area contributed by atoms with E-state index in [1.807, 2.05) is 0 Å². The minimum Gasteiger partial charge on any atom is -0.258 e. The molecule has 0 spiro atoms. The number of hydrogen-bond donors (Lipinski definition) is 0. The molecule has 0 fully saturated rings. The van der Waals surface area contributed by atoms with Gasteiger partial charge in [-0.15, -0.1) is 0 Å². The van der Waals surface area contributed by atoms with E-state index >= 15 is 0 Å². The van der Waals surface area contributed by atoms with Crippen LogP contribution in [0.3, 0.4) is 0 Å². The number of benzene rings is 1. The fraction of sp³-hybridized carbons (Fsp3) is 0.250. The molecule has 0 atom stereocenters. The number of nitro groups is 1. The van der Waals surface area contributed by atoms with E-state index < -0.39 is 28.2 Å². The van der Waals surface area contributed by atoms with E-state index in [9.17, 15) is 27.7 Å². The lowest BCUT2D eigenvalue weighted by molar-refractivity contribution is -0.385. The number of nitro benzene ring substituents is 1. The smallest absolute Gasteiger partial charge is 0.258 e. The molecule has 0 saturated heterocycles.